The Hall–Kier alpha value is -0.590. The predicted molar refractivity (Wildman–Crippen MR) is 53.7 cm³/mol. The number of aliphatic hydroxyl groups is 1. The fourth-order valence-electron chi connectivity index (χ4n) is 1.25. The quantitative estimate of drug-likeness (QED) is 0.518. The summed E-state index contributed by atoms with van der Waals surface area (Å²) in [7, 11) is 0. The average Bonchev–Trinajstić information content (AvgIpc) is 2.35. The van der Waals surface area contributed by atoms with Crippen LogP contribution in [-0.2, 0) is 9.59 Å². The van der Waals surface area contributed by atoms with Crippen LogP contribution in [0.5, 0.6) is 0 Å². The van der Waals surface area contributed by atoms with Crippen LogP contribution in [0.4, 0.5) is 0 Å². The molecule has 3 atom stereocenters. The number of hydrogen-bond acceptors (Lipinski definition) is 5. The van der Waals surface area contributed by atoms with Crippen LogP contribution in [-0.4, -0.2) is 40.1 Å². The first-order valence-electron chi connectivity index (χ1n) is 4.31. The molecule has 1 fully saturated rings. The van der Waals surface area contributed by atoms with Gasteiger partial charge in [-0.1, -0.05) is 0 Å². The van der Waals surface area contributed by atoms with Crippen molar-refractivity contribution in [2.75, 3.05) is 5.75 Å². The van der Waals surface area contributed by atoms with Gasteiger partial charge in [0.15, 0.2) is 0 Å². The molecule has 6 heteroatoms. The number of nitrogens with two attached hydrogens (primary N) is 1. The molecule has 1 amide bonds. The maximum atomic E-state index is 11.3. The molecule has 14 heavy (non-hydrogen) atoms. The molecule has 0 aromatic rings. The monoisotopic (exact) mass is 218 g/mol. The van der Waals surface area contributed by atoms with Gasteiger partial charge in [0.2, 0.25) is 5.91 Å². The Balaban J connectivity index is 2.39. The van der Waals surface area contributed by atoms with Crippen molar-refractivity contribution in [3.63, 3.8) is 0 Å². The lowest BCUT2D eigenvalue weighted by atomic mass is 10.2. The van der Waals surface area contributed by atoms with Crippen LogP contribution >= 0.6 is 11.8 Å². The van der Waals surface area contributed by atoms with Gasteiger partial charge in [0.25, 0.3) is 0 Å². The van der Waals surface area contributed by atoms with Crippen molar-refractivity contribution in [3.05, 3.63) is 0 Å². The van der Waals surface area contributed by atoms with Gasteiger partial charge in [-0.25, -0.2) is 0 Å². The maximum absolute atomic E-state index is 11.3. The van der Waals surface area contributed by atoms with Crippen LogP contribution in [0.2, 0.25) is 0 Å². The Bertz CT molecular complexity index is 245. The van der Waals surface area contributed by atoms with E-state index in [9.17, 15) is 14.7 Å². The van der Waals surface area contributed by atoms with Gasteiger partial charge in [0, 0.05) is 12.2 Å². The lowest BCUT2D eigenvalue weighted by Gasteiger charge is -2.14. The zero-order valence-electron chi connectivity index (χ0n) is 7.90. The van der Waals surface area contributed by atoms with Crippen molar-refractivity contribution in [1.82, 2.24) is 5.32 Å². The average molecular weight is 218 g/mol. The minimum atomic E-state index is -1.12. The van der Waals surface area contributed by atoms with E-state index in [1.807, 2.05) is 0 Å². The van der Waals surface area contributed by atoms with Crippen molar-refractivity contribution in [1.29, 1.82) is 0 Å². The highest BCUT2D eigenvalue weighted by Gasteiger charge is 2.39. The molecule has 0 bridgehead atoms. The van der Waals surface area contributed by atoms with Gasteiger partial charge >= 0.3 is 0 Å². The van der Waals surface area contributed by atoms with Gasteiger partial charge in [-0.2, -0.15) is 0 Å². The fraction of sp³-hybridized carbons (Fsp3) is 0.750. The minimum absolute atomic E-state index is 0.196. The van der Waals surface area contributed by atoms with E-state index in [-0.39, 0.29) is 11.2 Å². The second kappa shape index (κ2) is 4.29. The Labute approximate surface area is 86.4 Å². The predicted octanol–water partition coefficient (Wildman–Crippen LogP) is -1.16. The zero-order chi connectivity index (χ0) is 10.8. The maximum Gasteiger partial charge on any atom is 0.235 e. The molecule has 0 aromatic carbocycles. The van der Waals surface area contributed by atoms with Crippen molar-refractivity contribution in [2.45, 2.75) is 30.4 Å². The normalized spacial score (nSPS) is 33.9. The minimum Gasteiger partial charge on any atom is -0.371 e. The van der Waals surface area contributed by atoms with E-state index in [0.717, 1.165) is 0 Å². The SMILES string of the molecule is CC1(O)CC(SCC(N)C=O)C(=O)N1. The zero-order valence-corrected chi connectivity index (χ0v) is 8.71. The molecule has 3 unspecified atom stereocenters. The molecule has 1 aliphatic rings. The highest BCUT2D eigenvalue weighted by atomic mass is 32.2. The summed E-state index contributed by atoms with van der Waals surface area (Å²) in [5.41, 5.74) is 4.26. The Morgan fingerprint density at radius 1 is 1.93 bits per heavy atom. The third-order valence-corrected chi connectivity index (χ3v) is 3.29. The lowest BCUT2D eigenvalue weighted by Crippen LogP contribution is -2.37. The number of nitrogens with one attached hydrogen (secondary N) is 1. The van der Waals surface area contributed by atoms with Crippen molar-refractivity contribution < 1.29 is 14.7 Å². The summed E-state index contributed by atoms with van der Waals surface area (Å²) < 4.78 is 0. The van der Waals surface area contributed by atoms with Crippen LogP contribution in [0.3, 0.4) is 0 Å². The topological polar surface area (TPSA) is 92.4 Å². The Morgan fingerprint density at radius 3 is 3.00 bits per heavy atom. The van der Waals surface area contributed by atoms with Crippen molar-refractivity contribution >= 4 is 24.0 Å². The summed E-state index contributed by atoms with van der Waals surface area (Å²) in [6.07, 6.45) is 1.00. The molecule has 5 nitrogen and oxygen atoms in total. The largest absolute Gasteiger partial charge is 0.371 e. The van der Waals surface area contributed by atoms with Crippen molar-refractivity contribution in [3.8, 4) is 0 Å². The first-order valence-corrected chi connectivity index (χ1v) is 5.36. The molecule has 1 saturated heterocycles. The van der Waals surface area contributed by atoms with E-state index in [1.54, 1.807) is 6.92 Å². The van der Waals surface area contributed by atoms with Gasteiger partial charge < -0.3 is 21.0 Å². The number of aldehydes is 1. The van der Waals surface area contributed by atoms with Crippen LogP contribution in [0.1, 0.15) is 13.3 Å². The second-order valence-corrected chi connectivity index (χ2v) is 4.82. The number of hydrogen-bond donors (Lipinski definition) is 3. The molecule has 1 aliphatic heterocycles. The van der Waals surface area contributed by atoms with Crippen LogP contribution in [0.25, 0.3) is 0 Å². The summed E-state index contributed by atoms with van der Waals surface area (Å²) in [6.45, 7) is 1.55. The van der Waals surface area contributed by atoms with Crippen molar-refractivity contribution in [2.24, 2.45) is 5.73 Å². The number of thioether (sulfide) groups is 1. The molecule has 0 aromatic heterocycles. The highest BCUT2D eigenvalue weighted by Crippen LogP contribution is 2.27. The Kier molecular flexibility index (Phi) is 3.52. The molecule has 0 spiro atoms. The molecule has 80 valence electrons. The molecule has 0 radical (unpaired) electrons. The number of carbonyl (C=O) groups excluding carboxylic acids is 2. The first kappa shape index (κ1) is 11.5. The van der Waals surface area contributed by atoms with Gasteiger partial charge in [0.1, 0.15) is 12.0 Å². The lowest BCUT2D eigenvalue weighted by molar-refractivity contribution is -0.121. The van der Waals surface area contributed by atoms with Gasteiger partial charge in [-0.15, -0.1) is 11.8 Å². The molecule has 0 saturated carbocycles. The number of rotatable bonds is 4. The van der Waals surface area contributed by atoms with E-state index >= 15 is 0 Å². The smallest absolute Gasteiger partial charge is 0.235 e. The van der Waals surface area contributed by atoms with Crippen LogP contribution in [0.15, 0.2) is 0 Å². The molecule has 4 N–H and O–H groups in total. The number of carbonyl (C=O) groups is 2. The van der Waals surface area contributed by atoms with E-state index in [2.05, 4.69) is 5.32 Å². The summed E-state index contributed by atoms with van der Waals surface area (Å²) in [6, 6.07) is -0.543. The van der Waals surface area contributed by atoms with Gasteiger partial charge in [0.05, 0.1) is 11.3 Å². The van der Waals surface area contributed by atoms with Gasteiger partial charge in [-0.3, -0.25) is 4.79 Å². The summed E-state index contributed by atoms with van der Waals surface area (Å²) in [5.74, 6) is 0.204. The third kappa shape index (κ3) is 2.97. The third-order valence-electron chi connectivity index (χ3n) is 1.93. The first-order chi connectivity index (χ1) is 6.44. The molecule has 1 heterocycles. The number of amides is 1. The molecular formula is C8H14N2O3S. The van der Waals surface area contributed by atoms with E-state index in [1.165, 1.54) is 11.8 Å². The molecule has 0 aliphatic carbocycles. The summed E-state index contributed by atoms with van der Waals surface area (Å²) in [5, 5.41) is 11.7. The standard InChI is InChI=1S/C8H14N2O3S/c1-8(13)2-6(7(12)10-8)14-4-5(9)3-11/h3,5-6,13H,2,4,9H2,1H3,(H,10,12). The van der Waals surface area contributed by atoms with E-state index in [0.29, 0.717) is 18.5 Å². The summed E-state index contributed by atoms with van der Waals surface area (Å²) >= 11 is 1.30. The van der Waals surface area contributed by atoms with Crippen LogP contribution < -0.4 is 11.1 Å². The van der Waals surface area contributed by atoms with E-state index < -0.39 is 11.8 Å². The van der Waals surface area contributed by atoms with Crippen LogP contribution in [0, 0.1) is 0 Å². The Morgan fingerprint density at radius 2 is 2.57 bits per heavy atom. The molecular weight excluding hydrogens is 204 g/mol. The molecule has 1 rings (SSSR count). The fourth-order valence-corrected chi connectivity index (χ4v) is 2.44. The van der Waals surface area contributed by atoms with Gasteiger partial charge in [-0.05, 0) is 6.92 Å². The van der Waals surface area contributed by atoms with E-state index in [4.69, 9.17) is 5.73 Å². The highest BCUT2D eigenvalue weighted by molar-refractivity contribution is 8.00. The summed E-state index contributed by atoms with van der Waals surface area (Å²) in [4.78, 5) is 21.5. The second-order valence-electron chi connectivity index (χ2n) is 3.59.